The molecule has 38 heavy (non-hydrogen) atoms. The fraction of sp³-hybridized carbons (Fsp3) is 0.710. The van der Waals surface area contributed by atoms with Crippen LogP contribution in [0.5, 0.6) is 0 Å². The first-order valence-corrected chi connectivity index (χ1v) is 15.2. The molecule has 2 aliphatic carbocycles. The van der Waals surface area contributed by atoms with E-state index in [-0.39, 0.29) is 11.6 Å². The summed E-state index contributed by atoms with van der Waals surface area (Å²) in [5.74, 6) is 2.00. The van der Waals surface area contributed by atoms with Gasteiger partial charge in [0.1, 0.15) is 0 Å². The maximum Gasteiger partial charge on any atom is 0.310 e. The topological polar surface area (TPSA) is 78.7 Å². The molecule has 5 aliphatic rings. The highest BCUT2D eigenvalue weighted by Gasteiger charge is 2.46. The molecule has 2 aromatic rings. The summed E-state index contributed by atoms with van der Waals surface area (Å²) >= 11 is 0. The molecule has 1 aromatic carbocycles. The van der Waals surface area contributed by atoms with Crippen molar-refractivity contribution in [2.75, 3.05) is 18.0 Å². The number of carboxylic acids is 1. The van der Waals surface area contributed by atoms with Gasteiger partial charge in [0.25, 0.3) is 5.56 Å². The van der Waals surface area contributed by atoms with Crippen molar-refractivity contribution in [1.82, 2.24) is 14.5 Å². The Kier molecular flexibility index (Phi) is 6.25. The number of fused-ring (bicyclic) bond motifs is 5. The molecule has 3 saturated heterocycles. The van der Waals surface area contributed by atoms with E-state index >= 15 is 0 Å². The predicted octanol–water partition coefficient (Wildman–Crippen LogP) is 5.08. The summed E-state index contributed by atoms with van der Waals surface area (Å²) in [6.07, 6.45) is 14.3. The van der Waals surface area contributed by atoms with E-state index in [1.54, 1.807) is 0 Å². The van der Waals surface area contributed by atoms with Crippen LogP contribution in [-0.2, 0) is 4.79 Å². The van der Waals surface area contributed by atoms with Crippen LogP contribution in [0.15, 0.2) is 29.1 Å². The highest BCUT2D eigenvalue weighted by Crippen LogP contribution is 2.49. The van der Waals surface area contributed by atoms with Crippen LogP contribution in [0.1, 0.15) is 83.6 Å². The van der Waals surface area contributed by atoms with E-state index in [0.29, 0.717) is 31.0 Å². The van der Waals surface area contributed by atoms with Gasteiger partial charge >= 0.3 is 5.97 Å². The van der Waals surface area contributed by atoms with Crippen molar-refractivity contribution in [3.05, 3.63) is 34.6 Å². The van der Waals surface area contributed by atoms with Gasteiger partial charge < -0.3 is 14.6 Å². The molecule has 7 nitrogen and oxygen atoms in total. The number of aromatic nitrogens is 2. The van der Waals surface area contributed by atoms with Gasteiger partial charge in [0.15, 0.2) is 5.82 Å². The number of nitrogens with zero attached hydrogens (tertiary/aromatic N) is 4. The highest BCUT2D eigenvalue weighted by molar-refractivity contribution is 5.78. The Morgan fingerprint density at radius 3 is 2.26 bits per heavy atom. The third kappa shape index (κ3) is 4.16. The number of hydrogen-bond acceptors (Lipinski definition) is 5. The van der Waals surface area contributed by atoms with Gasteiger partial charge in [-0.25, -0.2) is 4.98 Å². The normalized spacial score (nSPS) is 35.7. The number of hydrogen-bond donors (Lipinski definition) is 1. The monoisotopic (exact) mass is 518 g/mol. The molecule has 4 heterocycles. The maximum absolute atomic E-state index is 14.0. The molecule has 7 atom stereocenters. The molecule has 1 aromatic heterocycles. The first kappa shape index (κ1) is 24.6. The lowest BCUT2D eigenvalue weighted by atomic mass is 9.64. The van der Waals surface area contributed by atoms with Crippen LogP contribution in [0.4, 0.5) is 5.82 Å². The van der Waals surface area contributed by atoms with Gasteiger partial charge in [-0.3, -0.25) is 14.5 Å². The van der Waals surface area contributed by atoms with Crippen LogP contribution in [0.2, 0.25) is 0 Å². The van der Waals surface area contributed by atoms with Crippen LogP contribution < -0.4 is 10.5 Å². The molecule has 204 valence electrons. The van der Waals surface area contributed by atoms with Crippen molar-refractivity contribution in [2.45, 2.75) is 102 Å². The summed E-state index contributed by atoms with van der Waals surface area (Å²) in [4.78, 5) is 34.9. The minimum Gasteiger partial charge on any atom is -0.481 e. The Bertz CT molecular complexity index is 1240. The largest absolute Gasteiger partial charge is 0.481 e. The summed E-state index contributed by atoms with van der Waals surface area (Å²) in [7, 11) is 0. The minimum atomic E-state index is -0.792. The Hall–Kier alpha value is -2.41. The molecule has 3 aliphatic heterocycles. The second-order valence-electron chi connectivity index (χ2n) is 13.2. The molecular weight excluding hydrogens is 476 g/mol. The molecular formula is C31H42N4O3. The average Bonchev–Trinajstić information content (AvgIpc) is 2.86. The summed E-state index contributed by atoms with van der Waals surface area (Å²) in [6, 6.07) is 10.0. The standard InChI is InChI=1S/C31H42N4O3/c1-2-19-10-20-12-21(11-19)14-25(13-20)34-23-6-5-7-24(34)16-26(15-23)35-28-9-4-3-8-27(28)32-29(30(35)36)33-17-22(18-33)31(37)38/h3-4,8-9,19-26H,2,5-7,10-18H2,1H3,(H,37,38)/t19-,20-,21+,23-,24+,25+,26+. The van der Waals surface area contributed by atoms with E-state index in [1.165, 1.54) is 57.8 Å². The molecule has 7 rings (SSSR count). The lowest BCUT2D eigenvalue weighted by Gasteiger charge is -2.56. The second-order valence-corrected chi connectivity index (χ2v) is 13.2. The number of carbonyl (C=O) groups is 1. The van der Waals surface area contributed by atoms with E-state index in [2.05, 4.69) is 16.4 Å². The Labute approximate surface area is 225 Å². The Balaban J connectivity index is 1.17. The number of para-hydroxylation sites is 2. The number of anilines is 1. The van der Waals surface area contributed by atoms with Crippen LogP contribution in [0, 0.1) is 23.7 Å². The summed E-state index contributed by atoms with van der Waals surface area (Å²) in [6.45, 7) is 3.10. The molecule has 0 spiro atoms. The minimum absolute atomic E-state index is 0.0399. The fourth-order valence-electron chi connectivity index (χ4n) is 9.24. The zero-order valence-electron chi connectivity index (χ0n) is 22.7. The van der Waals surface area contributed by atoms with Crippen LogP contribution in [0.3, 0.4) is 0 Å². The van der Waals surface area contributed by atoms with Gasteiger partial charge in [-0.15, -0.1) is 0 Å². The molecule has 2 saturated carbocycles. The summed E-state index contributed by atoms with van der Waals surface area (Å²) in [5, 5.41) is 9.36. The van der Waals surface area contributed by atoms with E-state index in [0.717, 1.165) is 47.7 Å². The quantitative estimate of drug-likeness (QED) is 0.595. The van der Waals surface area contributed by atoms with Gasteiger partial charge in [0.2, 0.25) is 0 Å². The molecule has 0 unspecified atom stereocenters. The number of rotatable bonds is 5. The summed E-state index contributed by atoms with van der Waals surface area (Å²) < 4.78 is 2.05. The van der Waals surface area contributed by atoms with Crippen LogP contribution in [0.25, 0.3) is 11.0 Å². The van der Waals surface area contributed by atoms with Crippen molar-refractivity contribution < 1.29 is 9.90 Å². The Morgan fingerprint density at radius 2 is 1.61 bits per heavy atom. The van der Waals surface area contributed by atoms with Gasteiger partial charge in [-0.1, -0.05) is 31.9 Å². The Morgan fingerprint density at radius 1 is 0.921 bits per heavy atom. The molecule has 5 fully saturated rings. The smallest absolute Gasteiger partial charge is 0.310 e. The van der Waals surface area contributed by atoms with Crippen LogP contribution in [-0.4, -0.2) is 56.7 Å². The number of piperidine rings is 2. The molecule has 1 N–H and O–H groups in total. The second kappa shape index (κ2) is 9.65. The van der Waals surface area contributed by atoms with Crippen molar-refractivity contribution in [2.24, 2.45) is 23.7 Å². The number of carboxylic acid groups (broad SMARTS) is 1. The van der Waals surface area contributed by atoms with E-state index in [1.807, 2.05) is 29.2 Å². The predicted molar refractivity (Wildman–Crippen MR) is 149 cm³/mol. The van der Waals surface area contributed by atoms with Crippen molar-refractivity contribution >= 4 is 22.8 Å². The van der Waals surface area contributed by atoms with E-state index in [9.17, 15) is 14.7 Å². The molecule has 4 bridgehead atoms. The van der Waals surface area contributed by atoms with Crippen molar-refractivity contribution in [3.63, 3.8) is 0 Å². The molecule has 0 radical (unpaired) electrons. The van der Waals surface area contributed by atoms with Crippen molar-refractivity contribution in [1.29, 1.82) is 0 Å². The third-order valence-electron chi connectivity index (χ3n) is 10.9. The van der Waals surface area contributed by atoms with Gasteiger partial charge in [-0.2, -0.15) is 0 Å². The lowest BCUT2D eigenvalue weighted by molar-refractivity contribution is -0.142. The summed E-state index contributed by atoms with van der Waals surface area (Å²) in [5.41, 5.74) is 1.71. The average molecular weight is 519 g/mol. The lowest BCUT2D eigenvalue weighted by Crippen LogP contribution is -2.59. The van der Waals surface area contributed by atoms with Gasteiger partial charge in [0, 0.05) is 37.3 Å². The zero-order chi connectivity index (χ0) is 26.0. The van der Waals surface area contributed by atoms with E-state index < -0.39 is 11.9 Å². The van der Waals surface area contributed by atoms with E-state index in [4.69, 9.17) is 4.98 Å². The fourth-order valence-corrected chi connectivity index (χ4v) is 9.24. The first-order valence-electron chi connectivity index (χ1n) is 15.2. The van der Waals surface area contributed by atoms with Crippen LogP contribution >= 0.6 is 0 Å². The highest BCUT2D eigenvalue weighted by atomic mass is 16.4. The third-order valence-corrected chi connectivity index (χ3v) is 10.9. The number of benzene rings is 1. The van der Waals surface area contributed by atoms with Gasteiger partial charge in [-0.05, 0) is 87.7 Å². The molecule has 7 heteroatoms. The molecule has 0 amide bonds. The zero-order valence-corrected chi connectivity index (χ0v) is 22.7. The van der Waals surface area contributed by atoms with Gasteiger partial charge in [0.05, 0.1) is 17.0 Å². The maximum atomic E-state index is 14.0. The SMILES string of the molecule is CC[C@@H]1C[C@@H]2C[C@H](C1)C[C@@H](N1[C@@H]3CCC[C@H]1C[C@@H](n1c(=O)c(N4CC(C(=O)O)C4)nc4ccccc41)C3)C2. The first-order chi connectivity index (χ1) is 18.5. The number of aliphatic carboxylic acids is 1. The van der Waals surface area contributed by atoms with Crippen molar-refractivity contribution in [3.8, 4) is 0 Å².